The number of amides is 1. The number of hydrogen-bond donors (Lipinski definition) is 4. The summed E-state index contributed by atoms with van der Waals surface area (Å²) in [5, 5.41) is 33.4. The molecule has 0 spiro atoms. The van der Waals surface area contributed by atoms with Gasteiger partial charge in [0.1, 0.15) is 5.60 Å². The molecule has 5 heteroatoms. The number of carbonyl (C=O) groups is 1. The Hall–Kier alpha value is -1.43. The van der Waals surface area contributed by atoms with Gasteiger partial charge in [-0.2, -0.15) is 0 Å². The Morgan fingerprint density at radius 1 is 1.25 bits per heavy atom. The maximum absolute atomic E-state index is 12.0. The van der Waals surface area contributed by atoms with E-state index >= 15 is 0 Å². The molecular weight excluding hydrogens is 402 g/mol. The summed E-state index contributed by atoms with van der Waals surface area (Å²) in [6.07, 6.45) is 11.5. The van der Waals surface area contributed by atoms with E-state index in [4.69, 9.17) is 0 Å². The van der Waals surface area contributed by atoms with Gasteiger partial charge in [-0.05, 0) is 86.2 Å². The van der Waals surface area contributed by atoms with E-state index in [0.717, 1.165) is 24.0 Å². The van der Waals surface area contributed by atoms with Crippen LogP contribution >= 0.6 is 0 Å². The molecule has 4 aliphatic rings. The average molecular weight is 444 g/mol. The third kappa shape index (κ3) is 4.36. The number of carbonyl (C=O) groups excluding carboxylic acids is 1. The minimum absolute atomic E-state index is 0.0636. The summed E-state index contributed by atoms with van der Waals surface area (Å²) in [5.74, 6) is 1.43. The molecule has 0 aromatic rings. The van der Waals surface area contributed by atoms with Crippen LogP contribution in [0.25, 0.3) is 0 Å². The second-order valence-electron chi connectivity index (χ2n) is 11.5. The van der Waals surface area contributed by atoms with Crippen molar-refractivity contribution in [3.8, 4) is 0 Å². The molecule has 4 fully saturated rings. The van der Waals surface area contributed by atoms with Gasteiger partial charge in [-0.1, -0.05) is 38.2 Å². The first-order valence-electron chi connectivity index (χ1n) is 12.5. The minimum atomic E-state index is -1.23. The van der Waals surface area contributed by atoms with Gasteiger partial charge in [0.2, 0.25) is 0 Å². The molecule has 0 aromatic carbocycles. The topological polar surface area (TPSA) is 89.8 Å². The van der Waals surface area contributed by atoms with Crippen molar-refractivity contribution >= 4 is 5.91 Å². The predicted octanol–water partition coefficient (Wildman–Crippen LogP) is 3.79. The van der Waals surface area contributed by atoms with E-state index in [2.05, 4.69) is 37.9 Å². The number of nitrogens with one attached hydrogen (secondary N) is 1. The van der Waals surface area contributed by atoms with Crippen LogP contribution in [0.1, 0.15) is 78.6 Å². The first kappa shape index (κ1) is 23.7. The molecule has 0 radical (unpaired) electrons. The van der Waals surface area contributed by atoms with Crippen LogP contribution in [0.3, 0.4) is 0 Å². The van der Waals surface area contributed by atoms with Crippen molar-refractivity contribution in [2.45, 2.75) is 102 Å². The van der Waals surface area contributed by atoms with E-state index in [1.165, 1.54) is 31.3 Å². The van der Waals surface area contributed by atoms with Crippen molar-refractivity contribution in [1.29, 1.82) is 0 Å². The van der Waals surface area contributed by atoms with Gasteiger partial charge in [0, 0.05) is 18.9 Å². The van der Waals surface area contributed by atoms with E-state index < -0.39 is 17.8 Å². The molecule has 1 saturated heterocycles. The molecule has 4 rings (SSSR count). The maximum Gasteiger partial charge on any atom is 0.251 e. The maximum atomic E-state index is 12.0. The van der Waals surface area contributed by atoms with Gasteiger partial charge < -0.3 is 20.6 Å². The van der Waals surface area contributed by atoms with Crippen molar-refractivity contribution < 1.29 is 20.1 Å². The number of allylic oxidation sites excluding steroid dienone is 3. The molecular formula is C27H41NO4. The van der Waals surface area contributed by atoms with Crippen molar-refractivity contribution in [3.63, 3.8) is 0 Å². The van der Waals surface area contributed by atoms with Gasteiger partial charge in [-0.15, -0.1) is 0 Å². The van der Waals surface area contributed by atoms with Crippen LogP contribution in [0, 0.1) is 23.2 Å². The molecule has 1 amide bonds. The van der Waals surface area contributed by atoms with Crippen molar-refractivity contribution in [3.05, 3.63) is 35.5 Å². The largest absolute Gasteiger partial charge is 0.393 e. The molecule has 1 heterocycles. The number of hydrogen-bond acceptors (Lipinski definition) is 4. The Balaban J connectivity index is 1.47. The van der Waals surface area contributed by atoms with E-state index in [0.29, 0.717) is 37.0 Å². The molecule has 3 unspecified atom stereocenters. The highest BCUT2D eigenvalue weighted by molar-refractivity contribution is 5.87. The lowest BCUT2D eigenvalue weighted by molar-refractivity contribution is -0.133. The normalized spacial score (nSPS) is 45.9. The molecule has 32 heavy (non-hydrogen) atoms. The second kappa shape index (κ2) is 8.73. The summed E-state index contributed by atoms with van der Waals surface area (Å²) in [6, 6.07) is 0.0636. The highest BCUT2D eigenvalue weighted by Gasteiger charge is 2.51. The van der Waals surface area contributed by atoms with Crippen LogP contribution in [-0.4, -0.2) is 45.1 Å². The molecule has 1 aliphatic heterocycles. The molecule has 0 bridgehead atoms. The lowest BCUT2D eigenvalue weighted by Crippen LogP contribution is -2.38. The first-order chi connectivity index (χ1) is 15.0. The highest BCUT2D eigenvalue weighted by atomic mass is 16.3. The minimum Gasteiger partial charge on any atom is -0.393 e. The van der Waals surface area contributed by atoms with Crippen LogP contribution in [0.4, 0.5) is 0 Å². The quantitative estimate of drug-likeness (QED) is 0.532. The Morgan fingerprint density at radius 2 is 2.00 bits per heavy atom. The van der Waals surface area contributed by atoms with E-state index in [1.807, 2.05) is 0 Å². The summed E-state index contributed by atoms with van der Waals surface area (Å²) in [4.78, 5) is 12.0. The number of rotatable bonds is 4. The molecule has 8 atom stereocenters. The zero-order chi connectivity index (χ0) is 23.3. The molecule has 0 aromatic heterocycles. The highest BCUT2D eigenvalue weighted by Crippen LogP contribution is 2.60. The SMILES string of the molecule is C=C1C(=CC=C2CCC[C@@]3(C)C2CC[C@@H]3[C@H](C)CC2CC(C)(O)C(=O)N2)C[C@@H](O)C[C@@H]1O. The third-order valence-electron chi connectivity index (χ3n) is 9.11. The lowest BCUT2D eigenvalue weighted by Gasteiger charge is -2.44. The lowest BCUT2D eigenvalue weighted by atomic mass is 9.60. The second-order valence-corrected chi connectivity index (χ2v) is 11.5. The standard InChI is InChI=1S/C27H41NO4/c1-16(12-20-15-27(4,32)25(31)28-20)22-9-10-23-18(6-5-11-26(22,23)3)7-8-19-13-21(29)14-24(30)17(19)2/h7-8,16,20-24,29-30,32H,2,5-6,9-15H2,1,3-4H3,(H,28,31)/t16-,20?,21-,22-,23?,24+,26-,27?/m1/s1. The number of aliphatic hydroxyl groups is 3. The van der Waals surface area contributed by atoms with Crippen LogP contribution in [0.15, 0.2) is 35.5 Å². The summed E-state index contributed by atoms with van der Waals surface area (Å²) in [6.45, 7) is 10.5. The fourth-order valence-electron chi connectivity index (χ4n) is 7.40. The smallest absolute Gasteiger partial charge is 0.251 e. The number of aliphatic hydroxyl groups excluding tert-OH is 2. The van der Waals surface area contributed by atoms with Gasteiger partial charge in [0.05, 0.1) is 12.2 Å². The molecule has 3 aliphatic carbocycles. The van der Waals surface area contributed by atoms with Gasteiger partial charge in [0.25, 0.3) is 5.91 Å². The van der Waals surface area contributed by atoms with Gasteiger partial charge >= 0.3 is 0 Å². The monoisotopic (exact) mass is 443 g/mol. The molecule has 5 nitrogen and oxygen atoms in total. The zero-order valence-electron chi connectivity index (χ0n) is 19.9. The summed E-state index contributed by atoms with van der Waals surface area (Å²) in [5.41, 5.74) is 2.25. The van der Waals surface area contributed by atoms with Crippen molar-refractivity contribution in [2.24, 2.45) is 23.2 Å². The molecule has 3 saturated carbocycles. The fourth-order valence-corrected chi connectivity index (χ4v) is 7.40. The Bertz CT molecular complexity index is 828. The van der Waals surface area contributed by atoms with Crippen molar-refractivity contribution in [1.82, 2.24) is 5.32 Å². The van der Waals surface area contributed by atoms with Gasteiger partial charge in [0.15, 0.2) is 0 Å². The fraction of sp³-hybridized carbons (Fsp3) is 0.741. The predicted molar refractivity (Wildman–Crippen MR) is 126 cm³/mol. The van der Waals surface area contributed by atoms with Gasteiger partial charge in [-0.3, -0.25) is 4.79 Å². The zero-order valence-corrected chi connectivity index (χ0v) is 19.9. The molecule has 178 valence electrons. The Labute approximate surface area is 192 Å². The van der Waals surface area contributed by atoms with Crippen LogP contribution in [-0.2, 0) is 4.79 Å². The molecule has 4 N–H and O–H groups in total. The Morgan fingerprint density at radius 3 is 2.69 bits per heavy atom. The Kier molecular flexibility index (Phi) is 6.47. The first-order valence-corrected chi connectivity index (χ1v) is 12.5. The van der Waals surface area contributed by atoms with Crippen molar-refractivity contribution in [2.75, 3.05) is 0 Å². The van der Waals surface area contributed by atoms with Crippen LogP contribution < -0.4 is 5.32 Å². The summed E-state index contributed by atoms with van der Waals surface area (Å²) < 4.78 is 0. The van der Waals surface area contributed by atoms with E-state index in [-0.39, 0.29) is 17.4 Å². The average Bonchev–Trinajstić information content (AvgIpc) is 3.18. The van der Waals surface area contributed by atoms with Crippen LogP contribution in [0.2, 0.25) is 0 Å². The summed E-state index contributed by atoms with van der Waals surface area (Å²) in [7, 11) is 0. The number of fused-ring (bicyclic) bond motifs is 1. The van der Waals surface area contributed by atoms with E-state index in [1.54, 1.807) is 6.92 Å². The van der Waals surface area contributed by atoms with Crippen LogP contribution in [0.5, 0.6) is 0 Å². The van der Waals surface area contributed by atoms with E-state index in [9.17, 15) is 20.1 Å². The summed E-state index contributed by atoms with van der Waals surface area (Å²) >= 11 is 0. The third-order valence-corrected chi connectivity index (χ3v) is 9.11. The van der Waals surface area contributed by atoms with Gasteiger partial charge in [-0.25, -0.2) is 0 Å².